The minimum Gasteiger partial charge on any atom is -0.497 e. The molecular formula is C17H19BrClNO. The first-order chi connectivity index (χ1) is 10.1. The van der Waals surface area contributed by atoms with Crippen LogP contribution in [0.3, 0.4) is 0 Å². The molecule has 112 valence electrons. The summed E-state index contributed by atoms with van der Waals surface area (Å²) in [4.78, 5) is 0. The molecule has 0 heterocycles. The van der Waals surface area contributed by atoms with Crippen LogP contribution < -0.4 is 10.1 Å². The monoisotopic (exact) mass is 367 g/mol. The maximum atomic E-state index is 6.03. The second kappa shape index (κ2) is 7.83. The molecule has 2 aromatic carbocycles. The van der Waals surface area contributed by atoms with Crippen LogP contribution in [-0.4, -0.2) is 13.7 Å². The first-order valence-corrected chi connectivity index (χ1v) is 8.12. The Balaban J connectivity index is 2.21. The van der Waals surface area contributed by atoms with Crippen LogP contribution in [0.15, 0.2) is 46.9 Å². The summed E-state index contributed by atoms with van der Waals surface area (Å²) in [6, 6.07) is 14.4. The van der Waals surface area contributed by atoms with Gasteiger partial charge >= 0.3 is 0 Å². The van der Waals surface area contributed by atoms with Gasteiger partial charge in [0.2, 0.25) is 0 Å². The minimum absolute atomic E-state index is 0.245. The Morgan fingerprint density at radius 1 is 1.19 bits per heavy atom. The predicted molar refractivity (Wildman–Crippen MR) is 92.3 cm³/mol. The quantitative estimate of drug-likeness (QED) is 0.774. The van der Waals surface area contributed by atoms with Gasteiger partial charge in [-0.3, -0.25) is 0 Å². The van der Waals surface area contributed by atoms with E-state index < -0.39 is 0 Å². The molecule has 0 radical (unpaired) electrons. The highest BCUT2D eigenvalue weighted by atomic mass is 79.9. The highest BCUT2D eigenvalue weighted by Gasteiger charge is 2.14. The van der Waals surface area contributed by atoms with Crippen molar-refractivity contribution < 1.29 is 4.74 Å². The summed E-state index contributed by atoms with van der Waals surface area (Å²) in [6.45, 7) is 3.03. The van der Waals surface area contributed by atoms with E-state index in [1.807, 2.05) is 24.3 Å². The number of benzene rings is 2. The number of rotatable bonds is 6. The number of halogens is 2. The fourth-order valence-corrected chi connectivity index (χ4v) is 3.28. The molecule has 0 aromatic heterocycles. The molecular weight excluding hydrogens is 350 g/mol. The van der Waals surface area contributed by atoms with Gasteiger partial charge in [0.25, 0.3) is 0 Å². The van der Waals surface area contributed by atoms with E-state index in [2.05, 4.69) is 46.4 Å². The van der Waals surface area contributed by atoms with Gasteiger partial charge in [0.1, 0.15) is 5.75 Å². The lowest BCUT2D eigenvalue weighted by Gasteiger charge is -2.20. The Kier molecular flexibility index (Phi) is 6.09. The first kappa shape index (κ1) is 16.3. The van der Waals surface area contributed by atoms with E-state index in [-0.39, 0.29) is 6.04 Å². The van der Waals surface area contributed by atoms with Crippen molar-refractivity contribution in [1.29, 1.82) is 0 Å². The van der Waals surface area contributed by atoms with Crippen LogP contribution in [0.1, 0.15) is 24.1 Å². The molecule has 0 aliphatic rings. The second-order valence-corrected chi connectivity index (χ2v) is 6.12. The summed E-state index contributed by atoms with van der Waals surface area (Å²) < 4.78 is 6.24. The van der Waals surface area contributed by atoms with Gasteiger partial charge in [0.15, 0.2) is 0 Å². The molecule has 0 bridgehead atoms. The first-order valence-electron chi connectivity index (χ1n) is 6.95. The molecule has 2 aromatic rings. The van der Waals surface area contributed by atoms with E-state index in [0.717, 1.165) is 28.2 Å². The van der Waals surface area contributed by atoms with Gasteiger partial charge in [0.05, 0.1) is 7.11 Å². The lowest BCUT2D eigenvalue weighted by Crippen LogP contribution is -2.23. The van der Waals surface area contributed by atoms with Crippen molar-refractivity contribution in [3.63, 3.8) is 0 Å². The second-order valence-electron chi connectivity index (χ2n) is 4.83. The predicted octanol–water partition coefficient (Wildman–Crippen LogP) is 5.00. The van der Waals surface area contributed by atoms with Gasteiger partial charge < -0.3 is 10.1 Å². The van der Waals surface area contributed by atoms with Crippen LogP contribution in [0.25, 0.3) is 0 Å². The van der Waals surface area contributed by atoms with Crippen molar-refractivity contribution in [3.8, 4) is 5.75 Å². The van der Waals surface area contributed by atoms with Gasteiger partial charge in [-0.05, 0) is 48.4 Å². The van der Waals surface area contributed by atoms with E-state index in [4.69, 9.17) is 16.3 Å². The van der Waals surface area contributed by atoms with Crippen molar-refractivity contribution in [2.45, 2.75) is 19.4 Å². The molecule has 2 nitrogen and oxygen atoms in total. The summed E-state index contributed by atoms with van der Waals surface area (Å²) in [5.74, 6) is 0.881. The number of hydrogen-bond acceptors (Lipinski definition) is 2. The van der Waals surface area contributed by atoms with Crippen molar-refractivity contribution >= 4 is 27.5 Å². The molecule has 1 unspecified atom stereocenters. The molecule has 1 N–H and O–H groups in total. The molecule has 2 rings (SSSR count). The standard InChI is InChI=1S/C17H19BrClNO/c1-3-20-17(15-9-6-13(19)11-16(15)18)10-12-4-7-14(21-2)8-5-12/h4-9,11,17,20H,3,10H2,1-2H3. The van der Waals surface area contributed by atoms with E-state index in [1.54, 1.807) is 7.11 Å². The SMILES string of the molecule is CCNC(Cc1ccc(OC)cc1)c1ccc(Cl)cc1Br. The average Bonchev–Trinajstić information content (AvgIpc) is 2.48. The maximum Gasteiger partial charge on any atom is 0.118 e. The molecule has 0 spiro atoms. The Morgan fingerprint density at radius 2 is 1.90 bits per heavy atom. The summed E-state index contributed by atoms with van der Waals surface area (Å²) in [7, 11) is 1.68. The molecule has 0 aliphatic carbocycles. The average molecular weight is 369 g/mol. The van der Waals surface area contributed by atoms with Crippen molar-refractivity contribution in [2.24, 2.45) is 0 Å². The third kappa shape index (κ3) is 4.47. The fraction of sp³-hybridized carbons (Fsp3) is 0.294. The lowest BCUT2D eigenvalue weighted by atomic mass is 9.98. The number of methoxy groups -OCH3 is 1. The molecule has 4 heteroatoms. The molecule has 0 aliphatic heterocycles. The van der Waals surface area contributed by atoms with Crippen LogP contribution in [0.2, 0.25) is 5.02 Å². The number of nitrogens with one attached hydrogen (secondary N) is 1. The van der Waals surface area contributed by atoms with Crippen LogP contribution in [-0.2, 0) is 6.42 Å². The Morgan fingerprint density at radius 3 is 2.48 bits per heavy atom. The molecule has 0 saturated heterocycles. The van der Waals surface area contributed by atoms with Crippen LogP contribution in [0.5, 0.6) is 5.75 Å². The third-order valence-electron chi connectivity index (χ3n) is 3.39. The Hall–Kier alpha value is -1.03. The highest BCUT2D eigenvalue weighted by molar-refractivity contribution is 9.10. The zero-order chi connectivity index (χ0) is 15.2. The van der Waals surface area contributed by atoms with E-state index >= 15 is 0 Å². The smallest absolute Gasteiger partial charge is 0.118 e. The molecule has 21 heavy (non-hydrogen) atoms. The maximum absolute atomic E-state index is 6.03. The van der Waals surface area contributed by atoms with E-state index in [1.165, 1.54) is 11.1 Å². The van der Waals surface area contributed by atoms with Gasteiger partial charge in [0, 0.05) is 15.5 Å². The Bertz CT molecular complexity index is 586. The van der Waals surface area contributed by atoms with Crippen LogP contribution >= 0.6 is 27.5 Å². The van der Waals surface area contributed by atoms with Gasteiger partial charge in [-0.25, -0.2) is 0 Å². The normalized spacial score (nSPS) is 12.2. The number of likely N-dealkylation sites (N-methyl/N-ethyl adjacent to an activating group) is 1. The van der Waals surface area contributed by atoms with Gasteiger partial charge in [-0.15, -0.1) is 0 Å². The summed E-state index contributed by atoms with van der Waals surface area (Å²) in [6.07, 6.45) is 0.915. The largest absolute Gasteiger partial charge is 0.497 e. The van der Waals surface area contributed by atoms with E-state index in [0.29, 0.717) is 0 Å². The topological polar surface area (TPSA) is 21.3 Å². The summed E-state index contributed by atoms with van der Waals surface area (Å²) in [5, 5.41) is 4.27. The molecule has 0 amide bonds. The molecule has 0 saturated carbocycles. The zero-order valence-corrected chi connectivity index (χ0v) is 14.5. The van der Waals surface area contributed by atoms with Gasteiger partial charge in [-0.2, -0.15) is 0 Å². The molecule has 0 fully saturated rings. The third-order valence-corrected chi connectivity index (χ3v) is 4.31. The number of ether oxygens (including phenoxy) is 1. The number of hydrogen-bond donors (Lipinski definition) is 1. The zero-order valence-electron chi connectivity index (χ0n) is 12.2. The summed E-state index contributed by atoms with van der Waals surface area (Å²) in [5.41, 5.74) is 2.49. The van der Waals surface area contributed by atoms with Crippen molar-refractivity contribution in [1.82, 2.24) is 5.32 Å². The van der Waals surface area contributed by atoms with E-state index in [9.17, 15) is 0 Å². The van der Waals surface area contributed by atoms with Crippen LogP contribution in [0, 0.1) is 0 Å². The summed E-state index contributed by atoms with van der Waals surface area (Å²) >= 11 is 9.64. The van der Waals surface area contributed by atoms with Crippen LogP contribution in [0.4, 0.5) is 0 Å². The lowest BCUT2D eigenvalue weighted by molar-refractivity contribution is 0.414. The molecule has 1 atom stereocenters. The minimum atomic E-state index is 0.245. The van der Waals surface area contributed by atoms with Crippen molar-refractivity contribution in [3.05, 3.63) is 63.1 Å². The highest BCUT2D eigenvalue weighted by Crippen LogP contribution is 2.29. The fourth-order valence-electron chi connectivity index (χ4n) is 2.32. The van der Waals surface area contributed by atoms with Gasteiger partial charge in [-0.1, -0.05) is 52.7 Å². The van der Waals surface area contributed by atoms with Crippen molar-refractivity contribution in [2.75, 3.05) is 13.7 Å². The Labute approximate surface area is 139 Å².